The average Bonchev–Trinajstić information content (AvgIpc) is 2.28. The quantitative estimate of drug-likeness (QED) is 0.846. The molecule has 0 aromatic heterocycles. The summed E-state index contributed by atoms with van der Waals surface area (Å²) >= 11 is 0. The fourth-order valence-corrected chi connectivity index (χ4v) is 2.05. The molecule has 0 amide bonds. The van der Waals surface area contributed by atoms with Crippen molar-refractivity contribution in [3.63, 3.8) is 0 Å². The second kappa shape index (κ2) is 4.49. The zero-order chi connectivity index (χ0) is 11.5. The Bertz CT molecular complexity index is 423. The monoisotopic (exact) mass is 218 g/mol. The normalized spacial score (nSPS) is 22.8. The molecule has 1 aromatic carbocycles. The van der Waals surface area contributed by atoms with Crippen LogP contribution in [0, 0.1) is 0 Å². The maximum absolute atomic E-state index is 11.3. The van der Waals surface area contributed by atoms with Gasteiger partial charge in [0.2, 0.25) is 0 Å². The molecule has 16 heavy (non-hydrogen) atoms. The molecule has 3 nitrogen and oxygen atoms in total. The molecule has 0 saturated heterocycles. The predicted octanol–water partition coefficient (Wildman–Crippen LogP) is 2.29. The summed E-state index contributed by atoms with van der Waals surface area (Å²) in [7, 11) is 0. The van der Waals surface area contributed by atoms with E-state index in [9.17, 15) is 9.90 Å². The van der Waals surface area contributed by atoms with Gasteiger partial charge in [-0.15, -0.1) is 0 Å². The molecule has 84 valence electrons. The van der Waals surface area contributed by atoms with Crippen LogP contribution in [0.4, 0.5) is 0 Å². The lowest BCUT2D eigenvalue weighted by molar-refractivity contribution is -0.141. The van der Waals surface area contributed by atoms with Gasteiger partial charge >= 0.3 is 5.97 Å². The summed E-state index contributed by atoms with van der Waals surface area (Å²) < 4.78 is 5.45. The van der Waals surface area contributed by atoms with E-state index in [1.807, 2.05) is 43.3 Å². The molecule has 0 heterocycles. The molecule has 3 heteroatoms. The molecule has 0 bridgehead atoms. The summed E-state index contributed by atoms with van der Waals surface area (Å²) in [4.78, 5) is 11.3. The van der Waals surface area contributed by atoms with Crippen LogP contribution in [0.2, 0.25) is 0 Å². The van der Waals surface area contributed by atoms with E-state index in [2.05, 4.69) is 0 Å². The zero-order valence-corrected chi connectivity index (χ0v) is 9.09. The first-order valence-electron chi connectivity index (χ1n) is 5.35. The molecule has 0 aliphatic heterocycles. The first kappa shape index (κ1) is 10.9. The zero-order valence-electron chi connectivity index (χ0n) is 9.09. The van der Waals surface area contributed by atoms with Gasteiger partial charge in [-0.25, -0.2) is 0 Å². The van der Waals surface area contributed by atoms with E-state index in [1.165, 1.54) is 0 Å². The minimum atomic E-state index is -0.838. The van der Waals surface area contributed by atoms with Crippen molar-refractivity contribution in [2.45, 2.75) is 18.9 Å². The van der Waals surface area contributed by atoms with Crippen LogP contribution in [0.3, 0.4) is 0 Å². The molecule has 2 rings (SSSR count). The van der Waals surface area contributed by atoms with Gasteiger partial charge in [-0.2, -0.15) is 0 Å². The molecule has 1 aliphatic rings. The summed E-state index contributed by atoms with van der Waals surface area (Å²) in [6, 6.07) is 7.54. The fourth-order valence-electron chi connectivity index (χ4n) is 2.05. The van der Waals surface area contributed by atoms with Gasteiger partial charge in [0, 0.05) is 6.61 Å². The van der Waals surface area contributed by atoms with Crippen LogP contribution < -0.4 is 0 Å². The maximum atomic E-state index is 11.3. The summed E-state index contributed by atoms with van der Waals surface area (Å²) in [6.07, 6.45) is 3.39. The van der Waals surface area contributed by atoms with Crippen molar-refractivity contribution < 1.29 is 14.6 Å². The number of carboxylic acid groups (broad SMARTS) is 1. The largest absolute Gasteiger partial charge is 0.481 e. The van der Waals surface area contributed by atoms with Crippen molar-refractivity contribution in [1.29, 1.82) is 0 Å². The summed E-state index contributed by atoms with van der Waals surface area (Å²) in [5.41, 5.74) is 1.79. The molecule has 1 aliphatic carbocycles. The number of hydrogen-bond donors (Lipinski definition) is 1. The lowest BCUT2D eigenvalue weighted by Crippen LogP contribution is -2.29. The second-order valence-electron chi connectivity index (χ2n) is 3.72. The van der Waals surface area contributed by atoms with Crippen molar-refractivity contribution >= 4 is 12.0 Å². The van der Waals surface area contributed by atoms with Crippen LogP contribution in [0.5, 0.6) is 0 Å². The molecule has 1 N–H and O–H groups in total. The van der Waals surface area contributed by atoms with Gasteiger partial charge in [0.1, 0.15) is 5.92 Å². The van der Waals surface area contributed by atoms with Gasteiger partial charge < -0.3 is 9.84 Å². The molecule has 0 fully saturated rings. The lowest BCUT2D eigenvalue weighted by Gasteiger charge is -2.26. The molecule has 2 atom stereocenters. The summed E-state index contributed by atoms with van der Waals surface area (Å²) in [6.45, 7) is 2.38. The van der Waals surface area contributed by atoms with Gasteiger partial charge in [0.25, 0.3) is 0 Å². The second-order valence-corrected chi connectivity index (χ2v) is 3.72. The van der Waals surface area contributed by atoms with Crippen LogP contribution >= 0.6 is 0 Å². The van der Waals surface area contributed by atoms with Crippen molar-refractivity contribution in [2.24, 2.45) is 0 Å². The molecule has 1 aromatic rings. The number of aliphatic carboxylic acids is 1. The predicted molar refractivity (Wildman–Crippen MR) is 61.3 cm³/mol. The summed E-state index contributed by atoms with van der Waals surface area (Å²) in [5, 5.41) is 9.27. The van der Waals surface area contributed by atoms with Crippen LogP contribution in [-0.2, 0) is 9.53 Å². The highest BCUT2D eigenvalue weighted by molar-refractivity contribution is 5.81. The number of carbonyl (C=O) groups is 1. The van der Waals surface area contributed by atoms with E-state index in [0.717, 1.165) is 11.1 Å². The van der Waals surface area contributed by atoms with Crippen LogP contribution in [0.1, 0.15) is 24.0 Å². The van der Waals surface area contributed by atoms with E-state index in [4.69, 9.17) is 4.74 Å². The number of fused-ring (bicyclic) bond motifs is 1. The Kier molecular flexibility index (Phi) is 3.06. The molecular formula is C13H14O3. The Balaban J connectivity index is 2.41. The van der Waals surface area contributed by atoms with E-state index in [1.54, 1.807) is 0 Å². The topological polar surface area (TPSA) is 46.5 Å². The van der Waals surface area contributed by atoms with Gasteiger partial charge in [-0.05, 0) is 18.1 Å². The van der Waals surface area contributed by atoms with Crippen molar-refractivity contribution in [3.05, 3.63) is 41.5 Å². The minimum Gasteiger partial charge on any atom is -0.481 e. The standard InChI is InChI=1S/C13H14O3/c1-2-16-11-8-7-9-5-3-4-6-10(9)12(11)13(14)15/h3-8,11-12H,2H2,1H3,(H,14,15). The lowest BCUT2D eigenvalue weighted by atomic mass is 9.85. The molecule has 0 saturated carbocycles. The van der Waals surface area contributed by atoms with E-state index < -0.39 is 11.9 Å². The molecule has 0 radical (unpaired) electrons. The Morgan fingerprint density at radius 3 is 2.88 bits per heavy atom. The maximum Gasteiger partial charge on any atom is 0.314 e. The number of benzene rings is 1. The first-order chi connectivity index (χ1) is 7.74. The van der Waals surface area contributed by atoms with Crippen LogP contribution in [-0.4, -0.2) is 23.8 Å². The Morgan fingerprint density at radius 1 is 1.44 bits per heavy atom. The minimum absolute atomic E-state index is 0.364. The fraction of sp³-hybridized carbons (Fsp3) is 0.308. The van der Waals surface area contributed by atoms with Gasteiger partial charge in [-0.3, -0.25) is 4.79 Å². The number of carboxylic acids is 1. The Morgan fingerprint density at radius 2 is 2.19 bits per heavy atom. The third-order valence-corrected chi connectivity index (χ3v) is 2.75. The molecule has 0 spiro atoms. The highest BCUT2D eigenvalue weighted by atomic mass is 16.5. The average molecular weight is 218 g/mol. The van der Waals surface area contributed by atoms with E-state index >= 15 is 0 Å². The van der Waals surface area contributed by atoms with Gasteiger partial charge in [-0.1, -0.05) is 36.4 Å². The number of hydrogen-bond acceptors (Lipinski definition) is 2. The number of rotatable bonds is 3. The SMILES string of the molecule is CCOC1C=Cc2ccccc2C1C(=O)O. The Labute approximate surface area is 94.4 Å². The van der Waals surface area contributed by atoms with E-state index in [0.29, 0.717) is 6.61 Å². The number of ether oxygens (including phenoxy) is 1. The Hall–Kier alpha value is -1.61. The smallest absolute Gasteiger partial charge is 0.314 e. The van der Waals surface area contributed by atoms with E-state index in [-0.39, 0.29) is 6.10 Å². The highest BCUT2D eigenvalue weighted by Crippen LogP contribution is 2.31. The van der Waals surface area contributed by atoms with Crippen molar-refractivity contribution in [1.82, 2.24) is 0 Å². The third kappa shape index (κ3) is 1.86. The van der Waals surface area contributed by atoms with Gasteiger partial charge in [0.15, 0.2) is 0 Å². The first-order valence-corrected chi connectivity index (χ1v) is 5.35. The molecule has 2 unspecified atom stereocenters. The van der Waals surface area contributed by atoms with Crippen LogP contribution in [0.25, 0.3) is 6.08 Å². The van der Waals surface area contributed by atoms with Crippen molar-refractivity contribution in [2.75, 3.05) is 6.61 Å². The van der Waals surface area contributed by atoms with Crippen molar-refractivity contribution in [3.8, 4) is 0 Å². The molecular weight excluding hydrogens is 204 g/mol. The highest BCUT2D eigenvalue weighted by Gasteiger charge is 2.32. The summed E-state index contributed by atoms with van der Waals surface area (Å²) in [5.74, 6) is -1.43. The van der Waals surface area contributed by atoms with Gasteiger partial charge in [0.05, 0.1) is 6.10 Å². The van der Waals surface area contributed by atoms with Crippen LogP contribution in [0.15, 0.2) is 30.3 Å². The third-order valence-electron chi connectivity index (χ3n) is 2.75.